The van der Waals surface area contributed by atoms with Gasteiger partial charge in [-0.25, -0.2) is 4.79 Å². The zero-order valence-electron chi connectivity index (χ0n) is 20.5. The van der Waals surface area contributed by atoms with E-state index >= 15 is 0 Å². The number of Topliss-reactive ketones (excluding diaryl/α,β-unsaturated/α-hetero) is 1. The number of benzene rings is 3. The summed E-state index contributed by atoms with van der Waals surface area (Å²) < 4.78 is 32.0. The van der Waals surface area contributed by atoms with Crippen molar-refractivity contribution >= 4 is 17.3 Å². The highest BCUT2D eigenvalue weighted by Gasteiger charge is 2.27. The van der Waals surface area contributed by atoms with Crippen molar-refractivity contribution in [2.24, 2.45) is 0 Å². The van der Waals surface area contributed by atoms with Crippen LogP contribution in [-0.4, -0.2) is 47.0 Å². The summed E-state index contributed by atoms with van der Waals surface area (Å²) in [5.74, 6) is 1.78. The molecular formula is C28H26O8. The summed E-state index contributed by atoms with van der Waals surface area (Å²) in [4.78, 5) is 27.1. The van der Waals surface area contributed by atoms with E-state index in [1.54, 1.807) is 82.0 Å². The Morgan fingerprint density at radius 1 is 0.722 bits per heavy atom. The summed E-state index contributed by atoms with van der Waals surface area (Å²) in [5.41, 5.74) is 1.94. The van der Waals surface area contributed by atoms with Gasteiger partial charge in [0.05, 0.1) is 34.0 Å². The molecule has 0 fully saturated rings. The quantitative estimate of drug-likeness (QED) is 0.246. The number of ether oxygens (including phenoxy) is 6. The molecule has 36 heavy (non-hydrogen) atoms. The van der Waals surface area contributed by atoms with E-state index in [1.165, 1.54) is 7.11 Å². The van der Waals surface area contributed by atoms with Crippen molar-refractivity contribution in [2.45, 2.75) is 6.42 Å². The molecule has 0 radical (unpaired) electrons. The highest BCUT2D eigenvalue weighted by atomic mass is 16.7. The second-order valence-electron chi connectivity index (χ2n) is 7.87. The molecule has 0 amide bonds. The predicted molar refractivity (Wildman–Crippen MR) is 132 cm³/mol. The van der Waals surface area contributed by atoms with E-state index in [0.717, 1.165) is 0 Å². The van der Waals surface area contributed by atoms with Crippen LogP contribution in [0.3, 0.4) is 0 Å². The number of carbonyl (C=O) groups excluding carboxylic acids is 2. The Morgan fingerprint density at radius 3 is 1.94 bits per heavy atom. The average molecular weight is 491 g/mol. The molecule has 0 spiro atoms. The van der Waals surface area contributed by atoms with Gasteiger partial charge in [-0.15, -0.1) is 0 Å². The smallest absolute Gasteiger partial charge is 0.338 e. The molecule has 0 aliphatic carbocycles. The second-order valence-corrected chi connectivity index (χ2v) is 7.87. The molecule has 0 saturated heterocycles. The minimum Gasteiger partial charge on any atom is -0.497 e. The molecule has 3 aromatic carbocycles. The first-order valence-corrected chi connectivity index (χ1v) is 11.1. The van der Waals surface area contributed by atoms with E-state index in [2.05, 4.69) is 0 Å². The Balaban J connectivity index is 1.91. The summed E-state index contributed by atoms with van der Waals surface area (Å²) in [6.45, 7) is 0.0807. The van der Waals surface area contributed by atoms with Gasteiger partial charge in [-0.3, -0.25) is 4.79 Å². The number of fused-ring (bicyclic) bond motifs is 1. The summed E-state index contributed by atoms with van der Waals surface area (Å²) >= 11 is 0. The fraction of sp³-hybridized carbons (Fsp3) is 0.214. The average Bonchev–Trinajstić information content (AvgIpc) is 3.40. The second kappa shape index (κ2) is 10.9. The Hall–Kier alpha value is -4.46. The summed E-state index contributed by atoms with van der Waals surface area (Å²) in [6, 6.07) is 17.1. The molecule has 0 unspecified atom stereocenters. The first kappa shape index (κ1) is 24.7. The number of carbonyl (C=O) groups is 2. The number of methoxy groups -OCH3 is 4. The van der Waals surface area contributed by atoms with Crippen molar-refractivity contribution in [3.05, 3.63) is 82.9 Å². The Morgan fingerprint density at radius 2 is 1.33 bits per heavy atom. The predicted octanol–water partition coefficient (Wildman–Crippen LogP) is 4.49. The van der Waals surface area contributed by atoms with Gasteiger partial charge in [0, 0.05) is 23.6 Å². The number of ketones is 1. The molecule has 0 aromatic heterocycles. The minimum absolute atomic E-state index is 0.0807. The van der Waals surface area contributed by atoms with Crippen LogP contribution in [0.25, 0.3) is 5.57 Å². The standard InChI is InChI=1S/C28H26O8/c1-31-20-8-5-18(6-9-20)27(29)23(13-17-11-21(32-2)15-22(12-17)33-3)26(28(30)34-4)19-7-10-24-25(14-19)36-16-35-24/h5-12,14-15H,13,16H2,1-4H3/b26-23-. The number of hydrogen-bond acceptors (Lipinski definition) is 8. The lowest BCUT2D eigenvalue weighted by atomic mass is 9.89. The zero-order chi connectivity index (χ0) is 25.7. The van der Waals surface area contributed by atoms with Crippen molar-refractivity contribution in [3.63, 3.8) is 0 Å². The minimum atomic E-state index is -0.652. The number of allylic oxidation sites excluding steroid dienone is 1. The molecule has 186 valence electrons. The Bertz CT molecular complexity index is 1290. The van der Waals surface area contributed by atoms with E-state index in [9.17, 15) is 9.59 Å². The highest BCUT2D eigenvalue weighted by molar-refractivity contribution is 6.27. The molecule has 1 heterocycles. The van der Waals surface area contributed by atoms with E-state index < -0.39 is 5.97 Å². The van der Waals surface area contributed by atoms with Gasteiger partial charge < -0.3 is 28.4 Å². The Kier molecular flexibility index (Phi) is 7.44. The SMILES string of the molecule is COC(=O)/C(=C(/Cc1cc(OC)cc(OC)c1)C(=O)c1ccc(OC)cc1)c1ccc2c(c1)OCO2. The molecule has 8 nitrogen and oxygen atoms in total. The maximum absolute atomic E-state index is 13.9. The maximum Gasteiger partial charge on any atom is 0.338 e. The van der Waals surface area contributed by atoms with Gasteiger partial charge in [0.1, 0.15) is 17.2 Å². The van der Waals surface area contributed by atoms with Crippen LogP contribution in [0, 0.1) is 0 Å². The lowest BCUT2D eigenvalue weighted by Crippen LogP contribution is -2.15. The molecule has 0 saturated carbocycles. The normalized spacial score (nSPS) is 12.4. The monoisotopic (exact) mass is 490 g/mol. The van der Waals surface area contributed by atoms with Crippen LogP contribution in [0.15, 0.2) is 66.2 Å². The van der Waals surface area contributed by atoms with Crippen LogP contribution < -0.4 is 23.7 Å². The Labute approximate surface area is 209 Å². The maximum atomic E-state index is 13.9. The fourth-order valence-corrected chi connectivity index (χ4v) is 3.94. The summed E-state index contributed by atoms with van der Waals surface area (Å²) in [6.07, 6.45) is 0.108. The zero-order valence-corrected chi connectivity index (χ0v) is 20.5. The number of rotatable bonds is 9. The van der Waals surface area contributed by atoms with Crippen LogP contribution in [0.4, 0.5) is 0 Å². The fourth-order valence-electron chi connectivity index (χ4n) is 3.94. The van der Waals surface area contributed by atoms with Gasteiger partial charge in [0.25, 0.3) is 0 Å². The molecule has 0 atom stereocenters. The number of hydrogen-bond donors (Lipinski definition) is 0. The van der Waals surface area contributed by atoms with Crippen LogP contribution in [-0.2, 0) is 16.0 Å². The van der Waals surface area contributed by atoms with E-state index in [1.807, 2.05) is 0 Å². The van der Waals surface area contributed by atoms with Gasteiger partial charge in [-0.05, 0) is 59.7 Å². The third-order valence-corrected chi connectivity index (χ3v) is 5.77. The molecule has 1 aliphatic heterocycles. The van der Waals surface area contributed by atoms with E-state index in [0.29, 0.717) is 45.4 Å². The first-order valence-electron chi connectivity index (χ1n) is 11.1. The van der Waals surface area contributed by atoms with Crippen molar-refractivity contribution in [1.82, 2.24) is 0 Å². The van der Waals surface area contributed by atoms with Crippen LogP contribution >= 0.6 is 0 Å². The van der Waals surface area contributed by atoms with Crippen LogP contribution in [0.5, 0.6) is 28.7 Å². The molecule has 3 aromatic rings. The molecular weight excluding hydrogens is 464 g/mol. The van der Waals surface area contributed by atoms with Crippen LogP contribution in [0.1, 0.15) is 21.5 Å². The third kappa shape index (κ3) is 5.12. The molecule has 0 bridgehead atoms. The largest absolute Gasteiger partial charge is 0.497 e. The first-order chi connectivity index (χ1) is 17.5. The summed E-state index contributed by atoms with van der Waals surface area (Å²) in [5, 5.41) is 0. The van der Waals surface area contributed by atoms with Gasteiger partial charge in [0.2, 0.25) is 6.79 Å². The molecule has 1 aliphatic rings. The van der Waals surface area contributed by atoms with Crippen molar-refractivity contribution in [2.75, 3.05) is 35.2 Å². The van der Waals surface area contributed by atoms with Gasteiger partial charge in [0.15, 0.2) is 17.3 Å². The lowest BCUT2D eigenvalue weighted by Gasteiger charge is -2.16. The van der Waals surface area contributed by atoms with Crippen molar-refractivity contribution in [1.29, 1.82) is 0 Å². The molecule has 0 N–H and O–H groups in total. The van der Waals surface area contributed by atoms with Crippen LogP contribution in [0.2, 0.25) is 0 Å². The van der Waals surface area contributed by atoms with Gasteiger partial charge in [-0.2, -0.15) is 0 Å². The molecule has 4 rings (SSSR count). The molecule has 8 heteroatoms. The topological polar surface area (TPSA) is 89.5 Å². The van der Waals surface area contributed by atoms with E-state index in [-0.39, 0.29) is 30.1 Å². The lowest BCUT2D eigenvalue weighted by molar-refractivity contribution is -0.133. The third-order valence-electron chi connectivity index (χ3n) is 5.77. The van der Waals surface area contributed by atoms with E-state index in [4.69, 9.17) is 28.4 Å². The number of esters is 1. The van der Waals surface area contributed by atoms with Crippen molar-refractivity contribution in [3.8, 4) is 28.7 Å². The highest BCUT2D eigenvalue weighted by Crippen LogP contribution is 2.37. The summed E-state index contributed by atoms with van der Waals surface area (Å²) in [7, 11) is 5.92. The van der Waals surface area contributed by atoms with Crippen molar-refractivity contribution < 1.29 is 38.0 Å². The van der Waals surface area contributed by atoms with Gasteiger partial charge >= 0.3 is 5.97 Å². The van der Waals surface area contributed by atoms with Gasteiger partial charge in [-0.1, -0.05) is 6.07 Å².